The van der Waals surface area contributed by atoms with Crippen LogP contribution in [0, 0.1) is 0 Å². The summed E-state index contributed by atoms with van der Waals surface area (Å²) < 4.78 is 11.4. The average molecular weight is 310 g/mol. The summed E-state index contributed by atoms with van der Waals surface area (Å²) in [7, 11) is 0. The van der Waals surface area contributed by atoms with Crippen LogP contribution in [0.2, 0.25) is 5.02 Å². The normalized spacial score (nSPS) is 23.3. The summed E-state index contributed by atoms with van der Waals surface area (Å²) in [6, 6.07) is 7.51. The summed E-state index contributed by atoms with van der Waals surface area (Å²) in [6.07, 6.45) is 3.43. The number of carbonyl (C=O) groups excluding carboxylic acids is 1. The van der Waals surface area contributed by atoms with E-state index in [-0.39, 0.29) is 18.1 Å². The Bertz CT molecular complexity index is 494. The number of rotatable bonds is 3. The van der Waals surface area contributed by atoms with Crippen molar-refractivity contribution in [2.24, 2.45) is 0 Å². The van der Waals surface area contributed by atoms with Gasteiger partial charge < -0.3 is 14.4 Å². The molecule has 2 saturated heterocycles. The van der Waals surface area contributed by atoms with Crippen LogP contribution in [0.15, 0.2) is 24.3 Å². The molecule has 4 nitrogen and oxygen atoms in total. The van der Waals surface area contributed by atoms with Gasteiger partial charge in [-0.15, -0.1) is 0 Å². The number of carbonyl (C=O) groups is 1. The average Bonchev–Trinajstić information content (AvgIpc) is 3.04. The van der Waals surface area contributed by atoms with Crippen molar-refractivity contribution in [2.45, 2.75) is 37.9 Å². The summed E-state index contributed by atoms with van der Waals surface area (Å²) in [4.78, 5) is 14.2. The maximum absolute atomic E-state index is 12.3. The summed E-state index contributed by atoms with van der Waals surface area (Å²) >= 11 is 6.10. The first kappa shape index (κ1) is 14.7. The number of hydrogen-bond acceptors (Lipinski definition) is 3. The number of amides is 1. The molecule has 0 N–H and O–H groups in total. The minimum atomic E-state index is -0.217. The molecule has 1 aromatic rings. The molecule has 0 aromatic heterocycles. The molecular weight excluding hydrogens is 290 g/mol. The van der Waals surface area contributed by atoms with Crippen molar-refractivity contribution in [1.82, 2.24) is 4.90 Å². The molecule has 0 aliphatic carbocycles. The number of likely N-dealkylation sites (tertiary alicyclic amines) is 1. The maximum atomic E-state index is 12.3. The zero-order valence-electron chi connectivity index (χ0n) is 12.0. The third-order valence-electron chi connectivity index (χ3n) is 4.09. The molecule has 3 rings (SSSR count). The highest BCUT2D eigenvalue weighted by molar-refractivity contribution is 6.32. The minimum Gasteiger partial charge on any atom is -0.489 e. The Kier molecular flexibility index (Phi) is 4.66. The summed E-state index contributed by atoms with van der Waals surface area (Å²) in [5, 5.41) is 0.635. The zero-order valence-corrected chi connectivity index (χ0v) is 12.7. The van der Waals surface area contributed by atoms with Crippen molar-refractivity contribution in [2.75, 3.05) is 19.7 Å². The second-order valence-electron chi connectivity index (χ2n) is 5.57. The molecule has 1 amide bonds. The van der Waals surface area contributed by atoms with Crippen molar-refractivity contribution >= 4 is 17.5 Å². The molecule has 2 fully saturated rings. The molecule has 1 atom stereocenters. The van der Waals surface area contributed by atoms with Crippen molar-refractivity contribution in [3.05, 3.63) is 29.3 Å². The van der Waals surface area contributed by atoms with Crippen LogP contribution in [-0.4, -0.2) is 42.7 Å². The van der Waals surface area contributed by atoms with E-state index >= 15 is 0 Å². The first-order valence-electron chi connectivity index (χ1n) is 7.55. The van der Waals surface area contributed by atoms with Gasteiger partial charge in [0.25, 0.3) is 5.91 Å². The van der Waals surface area contributed by atoms with E-state index in [1.165, 1.54) is 0 Å². The molecule has 2 aliphatic heterocycles. The van der Waals surface area contributed by atoms with E-state index in [0.717, 1.165) is 44.5 Å². The van der Waals surface area contributed by atoms with Crippen LogP contribution < -0.4 is 4.74 Å². The Labute approximate surface area is 130 Å². The quantitative estimate of drug-likeness (QED) is 0.862. The van der Waals surface area contributed by atoms with Gasteiger partial charge in [0.15, 0.2) is 0 Å². The van der Waals surface area contributed by atoms with Gasteiger partial charge >= 0.3 is 0 Å². The van der Waals surface area contributed by atoms with Crippen LogP contribution >= 0.6 is 11.6 Å². The SMILES string of the molecule is O=C([C@@H]1CCCO1)N1CCC(Oc2ccccc2Cl)CC1. The fourth-order valence-electron chi connectivity index (χ4n) is 2.89. The van der Waals surface area contributed by atoms with Gasteiger partial charge in [0.05, 0.1) is 5.02 Å². The molecule has 2 aliphatic rings. The smallest absolute Gasteiger partial charge is 0.251 e. The lowest BCUT2D eigenvalue weighted by Gasteiger charge is -2.33. The van der Waals surface area contributed by atoms with Crippen LogP contribution in [0.3, 0.4) is 0 Å². The Morgan fingerprint density at radius 2 is 2.00 bits per heavy atom. The lowest BCUT2D eigenvalue weighted by molar-refractivity contribution is -0.142. The van der Waals surface area contributed by atoms with E-state index in [1.807, 2.05) is 29.2 Å². The summed E-state index contributed by atoms with van der Waals surface area (Å²) in [5.41, 5.74) is 0. The van der Waals surface area contributed by atoms with Crippen molar-refractivity contribution in [3.63, 3.8) is 0 Å². The monoisotopic (exact) mass is 309 g/mol. The predicted octanol–water partition coefficient (Wildman–Crippen LogP) is 2.89. The van der Waals surface area contributed by atoms with E-state index < -0.39 is 0 Å². The van der Waals surface area contributed by atoms with Crippen LogP contribution in [0.25, 0.3) is 0 Å². The number of benzene rings is 1. The fourth-order valence-corrected chi connectivity index (χ4v) is 3.07. The Morgan fingerprint density at radius 1 is 1.24 bits per heavy atom. The van der Waals surface area contributed by atoms with Gasteiger partial charge in [0.1, 0.15) is 18.0 Å². The van der Waals surface area contributed by atoms with Gasteiger partial charge in [-0.1, -0.05) is 23.7 Å². The fraction of sp³-hybridized carbons (Fsp3) is 0.562. The predicted molar refractivity (Wildman–Crippen MR) is 80.7 cm³/mol. The van der Waals surface area contributed by atoms with Crippen molar-refractivity contribution in [3.8, 4) is 5.75 Å². The third-order valence-corrected chi connectivity index (χ3v) is 4.40. The van der Waals surface area contributed by atoms with Gasteiger partial charge in [0, 0.05) is 32.5 Å². The molecular formula is C16H20ClNO3. The van der Waals surface area contributed by atoms with Gasteiger partial charge in [-0.2, -0.15) is 0 Å². The Morgan fingerprint density at radius 3 is 2.67 bits per heavy atom. The van der Waals surface area contributed by atoms with Crippen LogP contribution in [0.4, 0.5) is 0 Å². The van der Waals surface area contributed by atoms with Crippen LogP contribution in [0.1, 0.15) is 25.7 Å². The number of nitrogens with zero attached hydrogens (tertiary/aromatic N) is 1. The van der Waals surface area contributed by atoms with Gasteiger partial charge in [-0.3, -0.25) is 4.79 Å². The second kappa shape index (κ2) is 6.67. The van der Waals surface area contributed by atoms with Gasteiger partial charge in [-0.25, -0.2) is 0 Å². The lowest BCUT2D eigenvalue weighted by Crippen LogP contribution is -2.45. The first-order valence-corrected chi connectivity index (χ1v) is 7.93. The molecule has 1 aromatic carbocycles. The molecule has 0 radical (unpaired) electrons. The first-order chi connectivity index (χ1) is 10.2. The van der Waals surface area contributed by atoms with Crippen LogP contribution in [0.5, 0.6) is 5.75 Å². The number of hydrogen-bond donors (Lipinski definition) is 0. The molecule has 0 bridgehead atoms. The van der Waals surface area contributed by atoms with E-state index in [1.54, 1.807) is 0 Å². The molecule has 21 heavy (non-hydrogen) atoms. The standard InChI is InChI=1S/C16H20ClNO3/c17-13-4-1-2-5-14(13)21-12-7-9-18(10-8-12)16(19)15-6-3-11-20-15/h1-2,4-5,12,15H,3,6-11H2/t15-/m0/s1. The van der Waals surface area contributed by atoms with E-state index in [4.69, 9.17) is 21.1 Å². The Balaban J connectivity index is 1.51. The van der Waals surface area contributed by atoms with E-state index in [9.17, 15) is 4.79 Å². The molecule has 0 unspecified atom stereocenters. The topological polar surface area (TPSA) is 38.8 Å². The van der Waals surface area contributed by atoms with E-state index in [0.29, 0.717) is 11.6 Å². The third kappa shape index (κ3) is 3.50. The number of para-hydroxylation sites is 1. The number of piperidine rings is 1. The molecule has 0 spiro atoms. The minimum absolute atomic E-state index is 0.124. The molecule has 0 saturated carbocycles. The number of halogens is 1. The maximum Gasteiger partial charge on any atom is 0.251 e. The molecule has 2 heterocycles. The molecule has 5 heteroatoms. The van der Waals surface area contributed by atoms with E-state index in [2.05, 4.69) is 0 Å². The highest BCUT2D eigenvalue weighted by atomic mass is 35.5. The lowest BCUT2D eigenvalue weighted by atomic mass is 10.1. The van der Waals surface area contributed by atoms with Crippen molar-refractivity contribution < 1.29 is 14.3 Å². The van der Waals surface area contributed by atoms with Gasteiger partial charge in [0.2, 0.25) is 0 Å². The molecule has 114 valence electrons. The van der Waals surface area contributed by atoms with Crippen LogP contribution in [-0.2, 0) is 9.53 Å². The van der Waals surface area contributed by atoms with Gasteiger partial charge in [-0.05, 0) is 25.0 Å². The Hall–Kier alpha value is -1.26. The summed E-state index contributed by atoms with van der Waals surface area (Å²) in [6.45, 7) is 2.17. The van der Waals surface area contributed by atoms with Crippen molar-refractivity contribution in [1.29, 1.82) is 0 Å². The summed E-state index contributed by atoms with van der Waals surface area (Å²) in [5.74, 6) is 0.867. The second-order valence-corrected chi connectivity index (χ2v) is 5.98. The highest BCUT2D eigenvalue weighted by Crippen LogP contribution is 2.27. The largest absolute Gasteiger partial charge is 0.489 e. The highest BCUT2D eigenvalue weighted by Gasteiger charge is 2.31. The number of ether oxygens (including phenoxy) is 2. The zero-order chi connectivity index (χ0) is 14.7.